The number of nitrogens with zero attached hydrogens (tertiary/aromatic N) is 2. The SMILES string of the molecule is CCOCCCC(C(=O)c1c(F)cc(F)cc1F)n1cccn1. The molecule has 0 saturated heterocycles. The highest BCUT2D eigenvalue weighted by atomic mass is 19.1. The van der Waals surface area contributed by atoms with Crippen LogP contribution < -0.4 is 0 Å². The van der Waals surface area contributed by atoms with E-state index in [1.54, 1.807) is 12.3 Å². The lowest BCUT2D eigenvalue weighted by molar-refractivity contribution is 0.0883. The van der Waals surface area contributed by atoms with Crippen molar-refractivity contribution < 1.29 is 22.7 Å². The van der Waals surface area contributed by atoms with Crippen LogP contribution in [0.5, 0.6) is 0 Å². The maximum absolute atomic E-state index is 13.9. The van der Waals surface area contributed by atoms with Gasteiger partial charge in [0.15, 0.2) is 5.78 Å². The van der Waals surface area contributed by atoms with Crippen molar-refractivity contribution in [1.82, 2.24) is 9.78 Å². The van der Waals surface area contributed by atoms with Crippen LogP contribution in [-0.4, -0.2) is 28.8 Å². The molecule has 7 heteroatoms. The van der Waals surface area contributed by atoms with Gasteiger partial charge >= 0.3 is 0 Å². The Morgan fingerprint density at radius 1 is 1.30 bits per heavy atom. The number of ether oxygens (including phenoxy) is 1. The molecule has 2 rings (SSSR count). The van der Waals surface area contributed by atoms with Gasteiger partial charge < -0.3 is 4.74 Å². The molecule has 0 bridgehead atoms. The molecule has 0 amide bonds. The predicted molar refractivity (Wildman–Crippen MR) is 77.6 cm³/mol. The lowest BCUT2D eigenvalue weighted by Gasteiger charge is -2.17. The highest BCUT2D eigenvalue weighted by molar-refractivity contribution is 5.99. The van der Waals surface area contributed by atoms with Gasteiger partial charge in [-0.15, -0.1) is 0 Å². The fourth-order valence-electron chi connectivity index (χ4n) is 2.32. The molecule has 1 atom stereocenters. The zero-order chi connectivity index (χ0) is 16.8. The average molecular weight is 326 g/mol. The molecule has 0 N–H and O–H groups in total. The monoisotopic (exact) mass is 326 g/mol. The molecular formula is C16H17F3N2O2. The standard InChI is InChI=1S/C16H17F3N2O2/c1-2-23-8-3-5-14(21-7-4-6-20-21)16(22)15-12(18)9-11(17)10-13(15)19/h4,6-7,9-10,14H,2-3,5,8H2,1H3. The zero-order valence-corrected chi connectivity index (χ0v) is 12.6. The summed E-state index contributed by atoms with van der Waals surface area (Å²) in [5.41, 5.74) is -0.747. The first-order valence-electron chi connectivity index (χ1n) is 7.30. The number of ketones is 1. The smallest absolute Gasteiger partial charge is 0.193 e. The molecule has 2 aromatic rings. The molecule has 0 saturated carbocycles. The number of aromatic nitrogens is 2. The van der Waals surface area contributed by atoms with E-state index in [0.29, 0.717) is 38.2 Å². The van der Waals surface area contributed by atoms with E-state index in [4.69, 9.17) is 4.74 Å². The van der Waals surface area contributed by atoms with Gasteiger partial charge in [-0.2, -0.15) is 5.10 Å². The van der Waals surface area contributed by atoms with Gasteiger partial charge in [0.05, 0.1) is 5.56 Å². The van der Waals surface area contributed by atoms with Crippen LogP contribution in [0.25, 0.3) is 0 Å². The lowest BCUT2D eigenvalue weighted by Crippen LogP contribution is -2.23. The molecular weight excluding hydrogens is 309 g/mol. The van der Waals surface area contributed by atoms with Crippen molar-refractivity contribution in [2.45, 2.75) is 25.8 Å². The molecule has 0 spiro atoms. The molecule has 124 valence electrons. The summed E-state index contributed by atoms with van der Waals surface area (Å²) in [6.07, 6.45) is 3.84. The van der Waals surface area contributed by atoms with Crippen LogP contribution in [0.1, 0.15) is 36.2 Å². The summed E-state index contributed by atoms with van der Waals surface area (Å²) in [7, 11) is 0. The van der Waals surface area contributed by atoms with Gasteiger partial charge in [-0.1, -0.05) is 0 Å². The van der Waals surface area contributed by atoms with Gasteiger partial charge in [0.25, 0.3) is 0 Å². The molecule has 0 radical (unpaired) electrons. The summed E-state index contributed by atoms with van der Waals surface area (Å²) in [6, 6.07) is 1.73. The Balaban J connectivity index is 2.26. The Morgan fingerprint density at radius 3 is 2.57 bits per heavy atom. The molecule has 0 aliphatic carbocycles. The van der Waals surface area contributed by atoms with Gasteiger partial charge in [0.1, 0.15) is 23.5 Å². The Morgan fingerprint density at radius 2 is 2.00 bits per heavy atom. The summed E-state index contributed by atoms with van der Waals surface area (Å²) < 4.78 is 47.3. The molecule has 0 aliphatic heterocycles. The fraction of sp³-hybridized carbons (Fsp3) is 0.375. The van der Waals surface area contributed by atoms with Crippen LogP contribution in [0, 0.1) is 17.5 Å². The van der Waals surface area contributed by atoms with Crippen LogP contribution in [0.4, 0.5) is 13.2 Å². The quantitative estimate of drug-likeness (QED) is 0.550. The molecule has 1 aromatic heterocycles. The summed E-state index contributed by atoms with van der Waals surface area (Å²) in [4.78, 5) is 12.6. The summed E-state index contributed by atoms with van der Waals surface area (Å²) in [5.74, 6) is -4.27. The van der Waals surface area contributed by atoms with Gasteiger partial charge in [-0.3, -0.25) is 9.48 Å². The van der Waals surface area contributed by atoms with E-state index in [1.165, 1.54) is 10.9 Å². The average Bonchev–Trinajstić information content (AvgIpc) is 3.00. The number of benzene rings is 1. The molecule has 0 aliphatic rings. The van der Waals surface area contributed by atoms with Crippen molar-refractivity contribution in [2.75, 3.05) is 13.2 Å². The first-order chi connectivity index (χ1) is 11.0. The predicted octanol–water partition coefficient (Wildman–Crippen LogP) is 3.54. The molecule has 4 nitrogen and oxygen atoms in total. The van der Waals surface area contributed by atoms with Gasteiger partial charge in [-0.05, 0) is 25.8 Å². The summed E-state index contributed by atoms with van der Waals surface area (Å²) >= 11 is 0. The van der Waals surface area contributed by atoms with E-state index in [9.17, 15) is 18.0 Å². The summed E-state index contributed by atoms with van der Waals surface area (Å²) in [6.45, 7) is 2.82. The first kappa shape index (κ1) is 17.2. The third-order valence-corrected chi connectivity index (χ3v) is 3.37. The Kier molecular flexibility index (Phi) is 5.92. The normalized spacial score (nSPS) is 12.3. The number of carbonyl (C=O) groups is 1. The van der Waals surface area contributed by atoms with Crippen LogP contribution in [0.15, 0.2) is 30.6 Å². The van der Waals surface area contributed by atoms with Gasteiger partial charge in [-0.25, -0.2) is 13.2 Å². The second-order valence-corrected chi connectivity index (χ2v) is 4.95. The Bertz CT molecular complexity index is 636. The van der Waals surface area contributed by atoms with Crippen molar-refractivity contribution >= 4 is 5.78 Å². The van der Waals surface area contributed by atoms with Crippen molar-refractivity contribution in [2.24, 2.45) is 0 Å². The minimum atomic E-state index is -1.21. The second kappa shape index (κ2) is 7.92. The minimum absolute atomic E-state index is 0.302. The van der Waals surface area contributed by atoms with Gasteiger partial charge in [0.2, 0.25) is 0 Å². The molecule has 0 fully saturated rings. The molecule has 1 unspecified atom stereocenters. The van der Waals surface area contributed by atoms with E-state index in [1.807, 2.05) is 6.92 Å². The minimum Gasteiger partial charge on any atom is -0.382 e. The third kappa shape index (κ3) is 4.19. The van der Waals surface area contributed by atoms with E-state index < -0.39 is 34.8 Å². The number of hydrogen-bond donors (Lipinski definition) is 0. The Hall–Kier alpha value is -2.15. The number of carbonyl (C=O) groups excluding carboxylic acids is 1. The topological polar surface area (TPSA) is 44.1 Å². The first-order valence-corrected chi connectivity index (χ1v) is 7.30. The maximum atomic E-state index is 13.9. The maximum Gasteiger partial charge on any atom is 0.193 e. The van der Waals surface area contributed by atoms with E-state index in [0.717, 1.165) is 0 Å². The molecule has 1 aromatic carbocycles. The molecule has 1 heterocycles. The zero-order valence-electron chi connectivity index (χ0n) is 12.6. The third-order valence-electron chi connectivity index (χ3n) is 3.37. The van der Waals surface area contributed by atoms with E-state index in [-0.39, 0.29) is 0 Å². The number of rotatable bonds is 8. The Labute approximate surface area is 131 Å². The van der Waals surface area contributed by atoms with E-state index in [2.05, 4.69) is 5.10 Å². The molecule has 23 heavy (non-hydrogen) atoms. The van der Waals surface area contributed by atoms with Crippen LogP contribution in [0.2, 0.25) is 0 Å². The van der Waals surface area contributed by atoms with Crippen LogP contribution in [-0.2, 0) is 4.74 Å². The summed E-state index contributed by atoms with van der Waals surface area (Å²) in [5, 5.41) is 3.97. The highest BCUT2D eigenvalue weighted by Gasteiger charge is 2.28. The van der Waals surface area contributed by atoms with Crippen molar-refractivity contribution in [1.29, 1.82) is 0 Å². The fourth-order valence-corrected chi connectivity index (χ4v) is 2.32. The number of hydrogen-bond acceptors (Lipinski definition) is 3. The lowest BCUT2D eigenvalue weighted by atomic mass is 9.99. The van der Waals surface area contributed by atoms with E-state index >= 15 is 0 Å². The van der Waals surface area contributed by atoms with Crippen LogP contribution in [0.3, 0.4) is 0 Å². The van der Waals surface area contributed by atoms with Crippen molar-refractivity contribution in [3.63, 3.8) is 0 Å². The van der Waals surface area contributed by atoms with Gasteiger partial charge in [0, 0.05) is 37.7 Å². The van der Waals surface area contributed by atoms with Crippen molar-refractivity contribution in [3.05, 3.63) is 53.6 Å². The largest absolute Gasteiger partial charge is 0.382 e. The number of Topliss-reactive ketones (excluding diaryl/α,β-unsaturated/α-hetero) is 1. The van der Waals surface area contributed by atoms with Crippen molar-refractivity contribution in [3.8, 4) is 0 Å². The van der Waals surface area contributed by atoms with Crippen LogP contribution >= 0.6 is 0 Å². The highest BCUT2D eigenvalue weighted by Crippen LogP contribution is 2.24. The number of halogens is 3. The second-order valence-electron chi connectivity index (χ2n) is 4.95.